The van der Waals surface area contributed by atoms with Crippen LogP contribution in [0.15, 0.2) is 32.6 Å². The summed E-state index contributed by atoms with van der Waals surface area (Å²) in [6, 6.07) is 5.97. The van der Waals surface area contributed by atoms with Gasteiger partial charge in [0.25, 0.3) is 11.1 Å². The van der Waals surface area contributed by atoms with Gasteiger partial charge in [-0.25, -0.2) is 9.78 Å². The molecule has 0 saturated carbocycles. The number of nitrogens with zero attached hydrogens (tertiary/aromatic N) is 2. The van der Waals surface area contributed by atoms with Crippen LogP contribution in [0, 0.1) is 13.8 Å². The van der Waals surface area contributed by atoms with E-state index in [0.717, 1.165) is 21.3 Å². The average molecular weight is 324 g/mol. The topological polar surface area (TPSA) is 101 Å². The van der Waals surface area contributed by atoms with Crippen molar-refractivity contribution in [2.45, 2.75) is 13.8 Å². The van der Waals surface area contributed by atoms with Gasteiger partial charge in [-0.15, -0.1) is 0 Å². The summed E-state index contributed by atoms with van der Waals surface area (Å²) in [6.07, 6.45) is 3.33. The highest BCUT2D eigenvalue weighted by atomic mass is 16.2. The van der Waals surface area contributed by atoms with Crippen LogP contribution >= 0.6 is 0 Å². The molecule has 0 aliphatic rings. The van der Waals surface area contributed by atoms with Crippen molar-refractivity contribution in [2.24, 2.45) is 7.05 Å². The Kier molecular flexibility index (Phi) is 3.76. The van der Waals surface area contributed by atoms with Gasteiger partial charge in [-0.1, -0.05) is 29.8 Å². The molecule has 0 radical (unpaired) electrons. The predicted molar refractivity (Wildman–Crippen MR) is 93.1 cm³/mol. The van der Waals surface area contributed by atoms with Crippen molar-refractivity contribution in [3.63, 3.8) is 0 Å². The number of nitrogens with one attached hydrogen (secondary N) is 2. The number of rotatable bonds is 2. The molecule has 122 valence electrons. The van der Waals surface area contributed by atoms with Crippen molar-refractivity contribution in [2.75, 3.05) is 0 Å². The zero-order valence-electron chi connectivity index (χ0n) is 13.5. The second-order valence-electron chi connectivity index (χ2n) is 5.66. The summed E-state index contributed by atoms with van der Waals surface area (Å²) in [6.45, 7) is 3.98. The van der Waals surface area contributed by atoms with Crippen molar-refractivity contribution >= 4 is 23.3 Å². The highest BCUT2D eigenvalue weighted by Gasteiger charge is 2.09. The molecular formula is C17H16N4O3. The summed E-state index contributed by atoms with van der Waals surface area (Å²) in [4.78, 5) is 44.5. The van der Waals surface area contributed by atoms with Crippen LogP contribution in [0.2, 0.25) is 0 Å². The van der Waals surface area contributed by atoms with E-state index in [1.54, 1.807) is 12.2 Å². The Labute approximate surface area is 136 Å². The lowest BCUT2D eigenvalue weighted by Gasteiger charge is -2.04. The number of hydrogen-bond acceptors (Lipinski definition) is 4. The summed E-state index contributed by atoms with van der Waals surface area (Å²) in [5, 5.41) is 0. The van der Waals surface area contributed by atoms with Crippen LogP contribution in [-0.2, 0) is 7.05 Å². The standard InChI is InChI=1S/C17H16N4O3/c1-9-4-5-11(10(2)8-9)6-7-12-15(22)19-14-13(18-12)16(23)20-17(24)21(14)3/h4-8H,1-3H3,(H,19,22)(H,20,23,24)/b7-6+. The number of benzene rings is 1. The van der Waals surface area contributed by atoms with E-state index >= 15 is 0 Å². The highest BCUT2D eigenvalue weighted by Crippen LogP contribution is 2.13. The molecule has 0 saturated heterocycles. The van der Waals surface area contributed by atoms with Crippen LogP contribution in [0.1, 0.15) is 22.4 Å². The molecule has 3 rings (SSSR count). The van der Waals surface area contributed by atoms with Gasteiger partial charge in [0.05, 0.1) is 0 Å². The highest BCUT2D eigenvalue weighted by molar-refractivity contribution is 5.74. The molecule has 0 spiro atoms. The van der Waals surface area contributed by atoms with Gasteiger partial charge in [0.15, 0.2) is 5.52 Å². The SMILES string of the molecule is Cc1ccc(/C=C/c2nc3c(=O)[nH]c(=O)n(C)c3[nH]c2=O)c(C)c1. The lowest BCUT2D eigenvalue weighted by molar-refractivity contribution is 0.820. The third-order valence-electron chi connectivity index (χ3n) is 3.84. The Morgan fingerprint density at radius 1 is 1.04 bits per heavy atom. The minimum Gasteiger partial charge on any atom is -0.305 e. The van der Waals surface area contributed by atoms with Crippen molar-refractivity contribution < 1.29 is 0 Å². The molecule has 0 bridgehead atoms. The normalized spacial score (nSPS) is 11.5. The number of aryl methyl sites for hydroxylation is 3. The fourth-order valence-corrected chi connectivity index (χ4v) is 2.49. The van der Waals surface area contributed by atoms with E-state index in [4.69, 9.17) is 0 Å². The Morgan fingerprint density at radius 3 is 2.50 bits per heavy atom. The molecule has 2 heterocycles. The first-order chi connectivity index (χ1) is 11.4. The number of fused-ring (bicyclic) bond motifs is 1. The number of aromatic amines is 2. The Hall–Kier alpha value is -3.22. The second kappa shape index (κ2) is 5.77. The number of hydrogen-bond donors (Lipinski definition) is 2. The molecule has 0 aliphatic carbocycles. The maximum absolute atomic E-state index is 12.2. The molecule has 0 unspecified atom stereocenters. The lowest BCUT2D eigenvalue weighted by Crippen LogP contribution is -2.31. The Morgan fingerprint density at radius 2 is 1.79 bits per heavy atom. The van der Waals surface area contributed by atoms with Crippen LogP contribution in [0.4, 0.5) is 0 Å². The molecule has 7 nitrogen and oxygen atoms in total. The minimum absolute atomic E-state index is 0.0111. The van der Waals surface area contributed by atoms with Gasteiger partial charge in [-0.2, -0.15) is 0 Å². The van der Waals surface area contributed by atoms with E-state index in [1.807, 2.05) is 32.0 Å². The Bertz CT molecular complexity index is 1150. The minimum atomic E-state index is -0.634. The molecule has 0 amide bonds. The molecule has 1 aromatic carbocycles. The van der Waals surface area contributed by atoms with Gasteiger partial charge in [-0.3, -0.25) is 19.1 Å². The lowest BCUT2D eigenvalue weighted by atomic mass is 10.1. The third kappa shape index (κ3) is 2.71. The number of H-pyrrole nitrogens is 2. The molecular weight excluding hydrogens is 308 g/mol. The fraction of sp³-hybridized carbons (Fsp3) is 0.176. The molecule has 0 fully saturated rings. The Balaban J connectivity index is 2.15. The van der Waals surface area contributed by atoms with Gasteiger partial charge in [-0.05, 0) is 31.1 Å². The maximum atomic E-state index is 12.2. The van der Waals surface area contributed by atoms with Crippen molar-refractivity contribution in [3.05, 3.63) is 71.8 Å². The van der Waals surface area contributed by atoms with E-state index in [2.05, 4.69) is 15.0 Å². The quantitative estimate of drug-likeness (QED) is 0.737. The van der Waals surface area contributed by atoms with E-state index in [1.165, 1.54) is 7.05 Å². The summed E-state index contributed by atoms with van der Waals surface area (Å²) in [7, 11) is 1.45. The molecule has 3 aromatic rings. The fourth-order valence-electron chi connectivity index (χ4n) is 2.49. The predicted octanol–water partition coefficient (Wildman–Crippen LogP) is 1.10. The largest absolute Gasteiger partial charge is 0.329 e. The van der Waals surface area contributed by atoms with Crippen molar-refractivity contribution in [3.8, 4) is 0 Å². The first kappa shape index (κ1) is 15.7. The van der Waals surface area contributed by atoms with Gasteiger partial charge in [0.2, 0.25) is 0 Å². The smallest absolute Gasteiger partial charge is 0.305 e. The van der Waals surface area contributed by atoms with E-state index in [9.17, 15) is 14.4 Å². The van der Waals surface area contributed by atoms with Crippen LogP contribution in [0.5, 0.6) is 0 Å². The van der Waals surface area contributed by atoms with E-state index in [-0.39, 0.29) is 16.9 Å². The molecule has 24 heavy (non-hydrogen) atoms. The summed E-state index contributed by atoms with van der Waals surface area (Å²) >= 11 is 0. The second-order valence-corrected chi connectivity index (χ2v) is 5.66. The molecule has 2 aromatic heterocycles. The maximum Gasteiger partial charge on any atom is 0.329 e. The summed E-state index contributed by atoms with van der Waals surface area (Å²) in [5.74, 6) is 0. The van der Waals surface area contributed by atoms with Crippen molar-refractivity contribution in [1.82, 2.24) is 19.5 Å². The monoisotopic (exact) mass is 324 g/mol. The van der Waals surface area contributed by atoms with E-state index < -0.39 is 16.8 Å². The van der Waals surface area contributed by atoms with Gasteiger partial charge >= 0.3 is 5.69 Å². The van der Waals surface area contributed by atoms with E-state index in [0.29, 0.717) is 0 Å². The number of aromatic nitrogens is 4. The first-order valence-corrected chi connectivity index (χ1v) is 7.35. The summed E-state index contributed by atoms with van der Waals surface area (Å²) < 4.78 is 1.14. The van der Waals surface area contributed by atoms with Gasteiger partial charge < -0.3 is 4.98 Å². The van der Waals surface area contributed by atoms with Gasteiger partial charge in [0, 0.05) is 7.05 Å². The van der Waals surface area contributed by atoms with Crippen LogP contribution in [0.3, 0.4) is 0 Å². The average Bonchev–Trinajstić information content (AvgIpc) is 2.52. The molecule has 2 N–H and O–H groups in total. The zero-order chi connectivity index (χ0) is 17.4. The summed E-state index contributed by atoms with van der Waals surface area (Å²) in [5.41, 5.74) is 1.68. The van der Waals surface area contributed by atoms with Crippen molar-refractivity contribution in [1.29, 1.82) is 0 Å². The molecule has 7 heteroatoms. The van der Waals surface area contributed by atoms with Crippen LogP contribution in [0.25, 0.3) is 23.3 Å². The molecule has 0 atom stereocenters. The van der Waals surface area contributed by atoms with Gasteiger partial charge in [0.1, 0.15) is 11.3 Å². The van der Waals surface area contributed by atoms with Crippen LogP contribution < -0.4 is 16.8 Å². The molecule has 0 aliphatic heterocycles. The zero-order valence-corrected chi connectivity index (χ0v) is 13.5. The third-order valence-corrected chi connectivity index (χ3v) is 3.84. The first-order valence-electron chi connectivity index (χ1n) is 7.35. The van der Waals surface area contributed by atoms with Crippen LogP contribution in [-0.4, -0.2) is 19.5 Å².